The van der Waals surface area contributed by atoms with Crippen molar-refractivity contribution < 1.29 is 14.0 Å². The Hall–Kier alpha value is -0.350. The number of nitrogens with zero attached hydrogens (tertiary/aromatic N) is 1. The molecule has 0 aliphatic heterocycles. The van der Waals surface area contributed by atoms with Crippen LogP contribution in [-0.2, 0) is 19.6 Å². The largest absolute Gasteiger partial charge is 0.336 e. The van der Waals surface area contributed by atoms with Crippen LogP contribution in [0.5, 0.6) is 0 Å². The first kappa shape index (κ1) is 11.7. The number of hydrogen-bond acceptors (Lipinski definition) is 5. The fourth-order valence-corrected chi connectivity index (χ4v) is 2.32. The van der Waals surface area contributed by atoms with Crippen LogP contribution in [0.25, 0.3) is 0 Å². The molecular weight excluding hydrogens is 221 g/mol. The van der Waals surface area contributed by atoms with Gasteiger partial charge < -0.3 is 9.47 Å². The minimum absolute atomic E-state index is 0.218. The number of hydrogen-bond donors (Lipinski definition) is 0. The van der Waals surface area contributed by atoms with Gasteiger partial charge in [-0.3, -0.25) is 4.57 Å². The third kappa shape index (κ3) is 2.36. The Kier molecular flexibility index (Phi) is 4.62. The smallest absolute Gasteiger partial charge is 0.289 e. The van der Waals surface area contributed by atoms with Crippen LogP contribution in [-0.4, -0.2) is 18.2 Å². The van der Waals surface area contributed by atoms with E-state index in [-0.39, 0.29) is 8.46 Å². The van der Waals surface area contributed by atoms with Gasteiger partial charge in [0.1, 0.15) is 0 Å². The van der Waals surface area contributed by atoms with Crippen LogP contribution in [0.15, 0.2) is 6.20 Å². The van der Waals surface area contributed by atoms with Gasteiger partial charge in [0.2, 0.25) is 8.46 Å². The van der Waals surface area contributed by atoms with Gasteiger partial charge in [-0.2, -0.15) is 0 Å². The fraction of sp³-hybridized carbons (Fsp3) is 0.625. The van der Waals surface area contributed by atoms with Crippen molar-refractivity contribution >= 4 is 19.8 Å². The first-order chi connectivity index (χ1) is 6.79. The molecule has 1 radical (unpaired) electrons. The van der Waals surface area contributed by atoms with E-state index >= 15 is 0 Å². The Morgan fingerprint density at radius 3 is 2.57 bits per heavy atom. The molecule has 4 nitrogen and oxygen atoms in total. The van der Waals surface area contributed by atoms with Gasteiger partial charge in [0.25, 0.3) is 5.53 Å². The van der Waals surface area contributed by atoms with Crippen molar-refractivity contribution in [3.63, 3.8) is 0 Å². The highest BCUT2D eigenvalue weighted by Crippen LogP contribution is 2.39. The number of aromatic nitrogens is 1. The third-order valence-corrected chi connectivity index (χ3v) is 3.18. The minimum Gasteiger partial charge on any atom is -0.336 e. The van der Waals surface area contributed by atoms with Crippen LogP contribution in [0, 0.1) is 5.51 Å². The van der Waals surface area contributed by atoms with Crippen LogP contribution in [0.3, 0.4) is 0 Å². The van der Waals surface area contributed by atoms with E-state index in [1.165, 1.54) is 11.3 Å². The van der Waals surface area contributed by atoms with Gasteiger partial charge in [-0.05, 0) is 13.8 Å². The Morgan fingerprint density at radius 2 is 2.21 bits per heavy atom. The molecule has 0 saturated heterocycles. The molecule has 0 bridgehead atoms. The molecule has 6 heteroatoms. The van der Waals surface area contributed by atoms with Gasteiger partial charge in [0.15, 0.2) is 5.51 Å². The van der Waals surface area contributed by atoms with Crippen molar-refractivity contribution in [1.82, 2.24) is 4.98 Å². The standard InChI is InChI=1S/C8H11NO3PS/c1-3-11-8(13-10,12-4-2)7-5-9-6-14-7/h5H,3-4H2,1-2H3. The lowest BCUT2D eigenvalue weighted by molar-refractivity contribution is -0.174. The average Bonchev–Trinajstić information content (AvgIpc) is 2.70. The quantitative estimate of drug-likeness (QED) is 0.558. The Bertz CT molecular complexity index is 272. The van der Waals surface area contributed by atoms with Crippen LogP contribution >= 0.6 is 19.8 Å². The molecule has 0 spiro atoms. The topological polar surface area (TPSA) is 48.4 Å². The molecule has 77 valence electrons. The van der Waals surface area contributed by atoms with Crippen LogP contribution in [0.1, 0.15) is 18.7 Å². The molecule has 1 heterocycles. The van der Waals surface area contributed by atoms with Gasteiger partial charge in [0.05, 0.1) is 4.88 Å². The summed E-state index contributed by atoms with van der Waals surface area (Å²) in [6.45, 7) is 4.49. The van der Waals surface area contributed by atoms with E-state index < -0.39 is 5.53 Å². The first-order valence-electron chi connectivity index (χ1n) is 4.23. The summed E-state index contributed by atoms with van der Waals surface area (Å²) in [7, 11) is -0.218. The van der Waals surface area contributed by atoms with Crippen LogP contribution in [0.4, 0.5) is 0 Å². The molecule has 0 fully saturated rings. The van der Waals surface area contributed by atoms with E-state index in [0.717, 1.165) is 0 Å². The zero-order chi connectivity index (χ0) is 10.4. The van der Waals surface area contributed by atoms with E-state index in [9.17, 15) is 4.57 Å². The zero-order valence-corrected chi connectivity index (χ0v) is 9.73. The van der Waals surface area contributed by atoms with Gasteiger partial charge >= 0.3 is 0 Å². The lowest BCUT2D eigenvalue weighted by Gasteiger charge is -2.24. The molecule has 0 unspecified atom stereocenters. The van der Waals surface area contributed by atoms with Crippen molar-refractivity contribution in [2.24, 2.45) is 0 Å². The molecule has 1 aromatic rings. The summed E-state index contributed by atoms with van der Waals surface area (Å²) in [5.41, 5.74) is 1.48. The van der Waals surface area contributed by atoms with Crippen LogP contribution in [0.2, 0.25) is 0 Å². The second-order valence-corrected chi connectivity index (χ2v) is 3.95. The van der Waals surface area contributed by atoms with E-state index in [2.05, 4.69) is 10.5 Å². The summed E-state index contributed by atoms with van der Waals surface area (Å²) < 4.78 is 21.9. The molecule has 14 heavy (non-hydrogen) atoms. The predicted octanol–water partition coefficient (Wildman–Crippen LogP) is 2.42. The number of ether oxygens (including phenoxy) is 2. The summed E-state index contributed by atoms with van der Waals surface area (Å²) in [6, 6.07) is 0. The second kappa shape index (κ2) is 5.51. The van der Waals surface area contributed by atoms with Gasteiger partial charge in [-0.15, -0.1) is 11.3 Å². The van der Waals surface area contributed by atoms with Crippen molar-refractivity contribution in [2.75, 3.05) is 13.2 Å². The molecule has 1 rings (SSSR count). The monoisotopic (exact) mass is 232 g/mol. The van der Waals surface area contributed by atoms with Gasteiger partial charge in [-0.25, -0.2) is 4.98 Å². The third-order valence-electron chi connectivity index (χ3n) is 1.50. The van der Waals surface area contributed by atoms with E-state index in [4.69, 9.17) is 9.47 Å². The summed E-state index contributed by atoms with van der Waals surface area (Å²) in [6.07, 6.45) is 1.56. The zero-order valence-electron chi connectivity index (χ0n) is 8.02. The Balaban J connectivity index is 2.94. The molecular formula is C8H11NO3PS. The Morgan fingerprint density at radius 1 is 1.57 bits per heavy atom. The summed E-state index contributed by atoms with van der Waals surface area (Å²) in [4.78, 5) is 4.46. The molecule has 0 amide bonds. The fourth-order valence-electron chi connectivity index (χ4n) is 1.01. The van der Waals surface area contributed by atoms with E-state index in [1.54, 1.807) is 6.20 Å². The highest BCUT2D eigenvalue weighted by Gasteiger charge is 2.36. The highest BCUT2D eigenvalue weighted by molar-refractivity contribution is 7.26. The maximum Gasteiger partial charge on any atom is 0.289 e. The molecule has 0 aliphatic rings. The van der Waals surface area contributed by atoms with Crippen molar-refractivity contribution in [3.8, 4) is 0 Å². The summed E-state index contributed by atoms with van der Waals surface area (Å²) in [5.74, 6) is 0. The van der Waals surface area contributed by atoms with E-state index in [0.29, 0.717) is 18.1 Å². The SMILES string of the molecule is CCOC(OCC)(P=O)c1cn[c]s1. The lowest BCUT2D eigenvalue weighted by Crippen LogP contribution is -2.26. The predicted molar refractivity (Wildman–Crippen MR) is 53.5 cm³/mol. The Labute approximate surface area is 88.5 Å². The minimum atomic E-state index is -1.19. The maximum atomic E-state index is 11.1. The summed E-state index contributed by atoms with van der Waals surface area (Å²) >= 11 is 1.24. The molecule has 0 aromatic carbocycles. The highest BCUT2D eigenvalue weighted by atomic mass is 32.1. The normalized spacial score (nSPS) is 12.1. The van der Waals surface area contributed by atoms with Gasteiger partial charge in [0, 0.05) is 19.4 Å². The number of thiazole rings is 1. The molecule has 0 aliphatic carbocycles. The maximum absolute atomic E-state index is 11.1. The van der Waals surface area contributed by atoms with E-state index in [1.807, 2.05) is 13.8 Å². The molecule has 0 saturated carbocycles. The van der Waals surface area contributed by atoms with Crippen molar-refractivity contribution in [1.29, 1.82) is 0 Å². The lowest BCUT2D eigenvalue weighted by atomic mass is 10.5. The summed E-state index contributed by atoms with van der Waals surface area (Å²) in [5, 5.41) is 0. The molecule has 1 aromatic heterocycles. The van der Waals surface area contributed by atoms with Crippen molar-refractivity contribution in [3.05, 3.63) is 16.6 Å². The second-order valence-electron chi connectivity index (χ2n) is 2.35. The first-order valence-corrected chi connectivity index (χ1v) is 5.86. The number of rotatable bonds is 6. The van der Waals surface area contributed by atoms with Crippen LogP contribution < -0.4 is 0 Å². The molecule has 0 atom stereocenters. The van der Waals surface area contributed by atoms with Gasteiger partial charge in [-0.1, -0.05) is 0 Å². The average molecular weight is 232 g/mol. The van der Waals surface area contributed by atoms with Crippen molar-refractivity contribution in [2.45, 2.75) is 19.4 Å². The molecule has 0 N–H and O–H groups in total.